The zero-order valence-corrected chi connectivity index (χ0v) is 37.0. The van der Waals surface area contributed by atoms with Crippen molar-refractivity contribution >= 4 is 43.9 Å². The van der Waals surface area contributed by atoms with E-state index in [0.29, 0.717) is 17.5 Å². The molecular weight excluding hydrogens is 843 g/mol. The molecule has 0 fully saturated rings. The summed E-state index contributed by atoms with van der Waals surface area (Å²) in [5.74, 6) is 1.72. The van der Waals surface area contributed by atoms with E-state index in [1.54, 1.807) is 0 Å². The fourth-order valence-corrected chi connectivity index (χ4v) is 11.5. The van der Waals surface area contributed by atoms with Gasteiger partial charge >= 0.3 is 0 Å². The summed E-state index contributed by atoms with van der Waals surface area (Å²) in [5.41, 5.74) is 20.7. The van der Waals surface area contributed by atoms with Gasteiger partial charge < -0.3 is 8.83 Å². The molecule has 10 aromatic carbocycles. The number of furan rings is 2. The Morgan fingerprint density at radius 1 is 0.261 bits per heavy atom. The second-order valence-corrected chi connectivity index (χ2v) is 18.2. The first kappa shape index (κ1) is 38.0. The number of nitrogens with zero attached hydrogens (tertiary/aromatic N) is 3. The largest absolute Gasteiger partial charge is 0.456 e. The van der Waals surface area contributed by atoms with E-state index in [4.69, 9.17) is 23.8 Å². The molecule has 5 heteroatoms. The molecule has 0 radical (unpaired) electrons. The van der Waals surface area contributed by atoms with Crippen LogP contribution >= 0.6 is 0 Å². The first-order valence-corrected chi connectivity index (χ1v) is 23.4. The van der Waals surface area contributed by atoms with Crippen molar-refractivity contribution in [3.8, 4) is 78.7 Å². The van der Waals surface area contributed by atoms with Crippen LogP contribution in [-0.4, -0.2) is 15.0 Å². The predicted octanol–water partition coefficient (Wildman–Crippen LogP) is 16.3. The number of fused-ring (bicyclic) bond motifs is 16. The molecule has 0 amide bonds. The maximum Gasteiger partial charge on any atom is 0.164 e. The maximum atomic E-state index is 6.54. The van der Waals surface area contributed by atoms with E-state index in [2.05, 4.69) is 158 Å². The van der Waals surface area contributed by atoms with E-state index >= 15 is 0 Å². The minimum absolute atomic E-state index is 0.349. The lowest BCUT2D eigenvalue weighted by Crippen LogP contribution is -2.25. The average molecular weight is 880 g/mol. The third kappa shape index (κ3) is 5.50. The number of para-hydroxylation sites is 1. The van der Waals surface area contributed by atoms with Crippen molar-refractivity contribution in [1.29, 1.82) is 0 Å². The molecule has 2 aliphatic rings. The summed E-state index contributed by atoms with van der Waals surface area (Å²) in [4.78, 5) is 15.4. The van der Waals surface area contributed by atoms with Gasteiger partial charge in [-0.2, -0.15) is 0 Å². The number of hydrogen-bond acceptors (Lipinski definition) is 5. The Morgan fingerprint density at radius 2 is 0.754 bits per heavy atom. The van der Waals surface area contributed by atoms with Crippen LogP contribution in [0.2, 0.25) is 0 Å². The molecular formula is C64H37N3O2. The molecule has 0 saturated heterocycles. The van der Waals surface area contributed by atoms with Crippen LogP contribution in [0.25, 0.3) is 123 Å². The van der Waals surface area contributed by atoms with Crippen molar-refractivity contribution in [2.24, 2.45) is 0 Å². The van der Waals surface area contributed by atoms with Crippen LogP contribution in [0.1, 0.15) is 22.3 Å². The van der Waals surface area contributed by atoms with Gasteiger partial charge in [0.2, 0.25) is 0 Å². The lowest BCUT2D eigenvalue weighted by Gasteiger charge is -2.30. The highest BCUT2D eigenvalue weighted by molar-refractivity contribution is 6.13. The Labute approximate surface area is 396 Å². The normalized spacial score (nSPS) is 13.0. The van der Waals surface area contributed by atoms with E-state index in [-0.39, 0.29) is 5.41 Å². The molecule has 0 N–H and O–H groups in total. The lowest BCUT2D eigenvalue weighted by molar-refractivity contribution is 0.668. The minimum Gasteiger partial charge on any atom is -0.456 e. The molecule has 13 aromatic rings. The molecule has 69 heavy (non-hydrogen) atoms. The summed E-state index contributed by atoms with van der Waals surface area (Å²) < 4.78 is 12.8. The summed E-state index contributed by atoms with van der Waals surface area (Å²) in [6, 6.07) is 79.9. The van der Waals surface area contributed by atoms with Gasteiger partial charge in [-0.1, -0.05) is 182 Å². The Bertz CT molecular complexity index is 4210. The van der Waals surface area contributed by atoms with E-state index in [1.165, 1.54) is 55.6 Å². The summed E-state index contributed by atoms with van der Waals surface area (Å²) >= 11 is 0. The maximum absolute atomic E-state index is 6.54. The van der Waals surface area contributed by atoms with Crippen LogP contribution in [0.4, 0.5) is 0 Å². The van der Waals surface area contributed by atoms with Gasteiger partial charge in [0.1, 0.15) is 22.3 Å². The minimum atomic E-state index is -0.349. The Balaban J connectivity index is 0.819. The van der Waals surface area contributed by atoms with E-state index < -0.39 is 0 Å². The second kappa shape index (κ2) is 14.4. The van der Waals surface area contributed by atoms with Gasteiger partial charge in [0.25, 0.3) is 0 Å². The van der Waals surface area contributed by atoms with Gasteiger partial charge in [-0.05, 0) is 109 Å². The smallest absolute Gasteiger partial charge is 0.164 e. The molecule has 0 bridgehead atoms. The molecule has 5 nitrogen and oxygen atoms in total. The summed E-state index contributed by atoms with van der Waals surface area (Å²) in [7, 11) is 0. The van der Waals surface area contributed by atoms with Gasteiger partial charge in [-0.25, -0.2) is 15.0 Å². The zero-order chi connectivity index (χ0) is 45.2. The molecule has 1 spiro atoms. The van der Waals surface area contributed by atoms with Crippen LogP contribution in [0, 0.1) is 0 Å². The van der Waals surface area contributed by atoms with Gasteiger partial charge in [0.05, 0.1) is 5.41 Å². The van der Waals surface area contributed by atoms with Crippen molar-refractivity contribution in [1.82, 2.24) is 15.0 Å². The van der Waals surface area contributed by atoms with E-state index in [1.807, 2.05) is 66.7 Å². The SMILES string of the molecule is c1ccc(-c2nc(-c3ccc4c(c3)oc3ccccc34)nc(-c3cccc4oc5ccc(-c6ccc(-c7ccc8c(c7)-c7ccccc7C87c8ccccc8-c8ccccc87)cc6)cc5c34)n2)cc1. The zero-order valence-electron chi connectivity index (χ0n) is 37.0. The average Bonchev–Trinajstić information content (AvgIpc) is 4.16. The van der Waals surface area contributed by atoms with Crippen LogP contribution in [-0.2, 0) is 5.41 Å². The molecule has 0 saturated carbocycles. The van der Waals surface area contributed by atoms with Gasteiger partial charge in [-0.3, -0.25) is 0 Å². The highest BCUT2D eigenvalue weighted by Gasteiger charge is 2.51. The first-order chi connectivity index (χ1) is 34.2. The fourth-order valence-electron chi connectivity index (χ4n) is 11.5. The van der Waals surface area contributed by atoms with Gasteiger partial charge in [-0.15, -0.1) is 0 Å². The third-order valence-electron chi connectivity index (χ3n) is 14.6. The Kier molecular flexibility index (Phi) is 7.93. The monoisotopic (exact) mass is 879 g/mol. The quantitative estimate of drug-likeness (QED) is 0.172. The number of aromatic nitrogens is 3. The topological polar surface area (TPSA) is 65.0 Å². The first-order valence-electron chi connectivity index (χ1n) is 23.4. The highest BCUT2D eigenvalue weighted by Crippen LogP contribution is 2.63. The van der Waals surface area contributed by atoms with E-state index in [0.717, 1.165) is 71.7 Å². The van der Waals surface area contributed by atoms with Crippen LogP contribution in [0.3, 0.4) is 0 Å². The number of hydrogen-bond donors (Lipinski definition) is 0. The molecule has 3 aromatic heterocycles. The highest BCUT2D eigenvalue weighted by atomic mass is 16.3. The molecule has 2 aliphatic carbocycles. The Hall–Kier alpha value is -9.19. The summed E-state index contributed by atoms with van der Waals surface area (Å²) in [5, 5.41) is 4.08. The van der Waals surface area contributed by atoms with Crippen molar-refractivity contribution in [2.45, 2.75) is 5.41 Å². The van der Waals surface area contributed by atoms with Crippen molar-refractivity contribution in [3.63, 3.8) is 0 Å². The Morgan fingerprint density at radius 3 is 1.49 bits per heavy atom. The van der Waals surface area contributed by atoms with Gasteiger partial charge in [0.15, 0.2) is 17.5 Å². The van der Waals surface area contributed by atoms with Crippen LogP contribution < -0.4 is 0 Å². The molecule has 0 atom stereocenters. The standard InChI is InChI=1S/C64H37N3O2/c1-2-13-40(14-3-1)61-65-62(43-29-32-48-47-18-7-11-23-56(47)69-59(48)37-43)67-63(66-61)49-19-12-24-58-60(49)51-36-42(31-34-57(51)68-58)39-27-25-38(26-28-39)41-30-33-55-50(35-41)46-17-6-10-22-54(46)64(55)52-20-8-4-15-44(52)45-16-5-9-21-53(45)64/h1-37H. The van der Waals surface area contributed by atoms with Crippen molar-refractivity contribution in [2.75, 3.05) is 0 Å². The third-order valence-corrected chi connectivity index (χ3v) is 14.6. The summed E-state index contributed by atoms with van der Waals surface area (Å²) in [6.07, 6.45) is 0. The van der Waals surface area contributed by atoms with E-state index in [9.17, 15) is 0 Å². The molecule has 15 rings (SSSR count). The number of benzene rings is 10. The fraction of sp³-hybridized carbons (Fsp3) is 0.0156. The molecule has 0 unspecified atom stereocenters. The molecule has 320 valence electrons. The second-order valence-electron chi connectivity index (χ2n) is 18.2. The van der Waals surface area contributed by atoms with Gasteiger partial charge in [0, 0.05) is 38.2 Å². The number of rotatable bonds is 5. The summed E-state index contributed by atoms with van der Waals surface area (Å²) in [6.45, 7) is 0. The van der Waals surface area contributed by atoms with Crippen molar-refractivity contribution in [3.05, 3.63) is 247 Å². The van der Waals surface area contributed by atoms with Crippen molar-refractivity contribution < 1.29 is 8.83 Å². The lowest BCUT2D eigenvalue weighted by atomic mass is 9.70. The predicted molar refractivity (Wildman–Crippen MR) is 278 cm³/mol. The van der Waals surface area contributed by atoms with Crippen LogP contribution in [0.5, 0.6) is 0 Å². The molecule has 0 aliphatic heterocycles. The molecule has 3 heterocycles. The van der Waals surface area contributed by atoms with Crippen LogP contribution in [0.15, 0.2) is 233 Å².